The normalized spacial score (nSPS) is 26.2. The van der Waals surface area contributed by atoms with Gasteiger partial charge in [-0.2, -0.15) is 0 Å². The topological polar surface area (TPSA) is 0 Å². The minimum atomic E-state index is 0.550. The van der Waals surface area contributed by atoms with E-state index in [-0.39, 0.29) is 0 Å². The zero-order chi connectivity index (χ0) is 74.9. The molecule has 3 unspecified atom stereocenters. The van der Waals surface area contributed by atoms with E-state index in [0.29, 0.717) is 27.1 Å². The largest absolute Gasteiger partial charge is 0.0654 e. The van der Waals surface area contributed by atoms with Gasteiger partial charge in [0.2, 0.25) is 0 Å². The van der Waals surface area contributed by atoms with Crippen molar-refractivity contribution in [1.29, 1.82) is 0 Å². The highest BCUT2D eigenvalue weighted by molar-refractivity contribution is 4.90. The second kappa shape index (κ2) is 58.2. The van der Waals surface area contributed by atoms with Gasteiger partial charge in [0.25, 0.3) is 0 Å². The van der Waals surface area contributed by atoms with Crippen molar-refractivity contribution in [3.05, 3.63) is 0 Å². The molecule has 0 spiro atoms. The van der Waals surface area contributed by atoms with Gasteiger partial charge in [-0.1, -0.05) is 466 Å². The molecule has 9 rings (SSSR count). The summed E-state index contributed by atoms with van der Waals surface area (Å²) in [6.45, 7) is 74.9. The van der Waals surface area contributed by atoms with Crippen molar-refractivity contribution in [3.8, 4) is 0 Å². The fourth-order valence-corrected chi connectivity index (χ4v) is 17.0. The molecule has 0 bridgehead atoms. The molecule has 9 saturated carbocycles. The van der Waals surface area contributed by atoms with Gasteiger partial charge in [0.15, 0.2) is 0 Å². The Balaban J connectivity index is -0.000000996. The van der Waals surface area contributed by atoms with Crippen LogP contribution < -0.4 is 0 Å². The smallest absolute Gasteiger partial charge is 0.0323 e. The summed E-state index contributed by atoms with van der Waals surface area (Å²) in [5.74, 6) is 15.9. The third-order valence-electron chi connectivity index (χ3n) is 28.0. The van der Waals surface area contributed by atoms with Crippen LogP contribution in [-0.4, -0.2) is 0 Å². The number of unbranched alkanes of at least 4 members (excludes halogenated alkanes) is 1. The Morgan fingerprint density at radius 1 is 0.351 bits per heavy atom. The minimum absolute atomic E-state index is 0.550. The van der Waals surface area contributed by atoms with Gasteiger partial charge in [0, 0.05) is 0 Å². The van der Waals surface area contributed by atoms with Crippen molar-refractivity contribution in [2.75, 3.05) is 0 Å². The number of hydrogen-bond acceptors (Lipinski definition) is 0. The monoisotopic (exact) mass is 1370 g/mol. The summed E-state index contributed by atoms with van der Waals surface area (Å²) >= 11 is 0. The first kappa shape index (κ1) is 101. The molecule has 9 fully saturated rings. The van der Waals surface area contributed by atoms with Crippen LogP contribution in [0.3, 0.4) is 0 Å². The van der Waals surface area contributed by atoms with Crippen molar-refractivity contribution in [2.24, 2.45) is 122 Å². The molecule has 9 aliphatic rings. The third-order valence-corrected chi connectivity index (χ3v) is 28.0. The molecule has 588 valence electrons. The predicted molar refractivity (Wildman–Crippen MR) is 453 cm³/mol. The van der Waals surface area contributed by atoms with Crippen LogP contribution in [0.15, 0.2) is 0 Å². The Labute approximate surface area is 622 Å². The van der Waals surface area contributed by atoms with E-state index in [1.165, 1.54) is 283 Å². The van der Waals surface area contributed by atoms with E-state index in [1.54, 1.807) is 0 Å². The van der Waals surface area contributed by atoms with Gasteiger partial charge in [-0.3, -0.25) is 0 Å². The SMILES string of the molecule is CC(C)C1CCC1.CC(C)C1CCCC1.CC1C(C)(C)CCCC1(C)C.CC1CCC(C)(C)CC1.CC1CCCC(C)C1C.CC1CCCC[C@H]1C.CCC(CC)CC.CCC1CCCC1.CCC1CCCCC1.CCCC(C)(C)C.CCCCC(C)C.C[C@@H]1CCCCC1(C)C. The summed E-state index contributed by atoms with van der Waals surface area (Å²) in [5.41, 5.74) is 2.99. The molecule has 0 heterocycles. The average molecular weight is 1370 g/mol. The van der Waals surface area contributed by atoms with E-state index in [1.807, 2.05) is 0 Å². The molecule has 0 nitrogen and oxygen atoms in total. The maximum Gasteiger partial charge on any atom is -0.0323 e. The van der Waals surface area contributed by atoms with Crippen LogP contribution in [0.5, 0.6) is 0 Å². The van der Waals surface area contributed by atoms with Gasteiger partial charge in [-0.25, -0.2) is 0 Å². The Bertz CT molecular complexity index is 1570. The summed E-state index contributed by atoms with van der Waals surface area (Å²) in [6, 6.07) is 0. The molecule has 0 aromatic carbocycles. The molecule has 0 aliphatic heterocycles. The van der Waals surface area contributed by atoms with E-state index < -0.39 is 0 Å². The number of rotatable bonds is 11. The zero-order valence-electron chi connectivity index (χ0n) is 74.9. The van der Waals surface area contributed by atoms with Crippen LogP contribution in [0.2, 0.25) is 0 Å². The van der Waals surface area contributed by atoms with Crippen molar-refractivity contribution >= 4 is 0 Å². The van der Waals surface area contributed by atoms with Crippen molar-refractivity contribution in [2.45, 2.75) is 504 Å². The molecule has 5 atom stereocenters. The van der Waals surface area contributed by atoms with Crippen LogP contribution in [-0.2, 0) is 0 Å². The maximum absolute atomic E-state index is 2.42. The lowest BCUT2D eigenvalue weighted by atomic mass is 9.58. The molecule has 0 heteroatoms. The summed E-state index contributed by atoms with van der Waals surface area (Å²) in [6.07, 6.45) is 63.8. The molecule has 9 aliphatic carbocycles. The van der Waals surface area contributed by atoms with Crippen LogP contribution in [0.4, 0.5) is 0 Å². The van der Waals surface area contributed by atoms with E-state index in [2.05, 4.69) is 222 Å². The van der Waals surface area contributed by atoms with Gasteiger partial charge >= 0.3 is 0 Å². The van der Waals surface area contributed by atoms with E-state index in [4.69, 9.17) is 0 Å². The third kappa shape index (κ3) is 54.3. The molecule has 0 radical (unpaired) electrons. The first-order valence-corrected chi connectivity index (χ1v) is 45.3. The quantitative estimate of drug-likeness (QED) is 0.193. The zero-order valence-corrected chi connectivity index (χ0v) is 74.9. The predicted octanol–water partition coefficient (Wildman–Crippen LogP) is 35.6. The van der Waals surface area contributed by atoms with Gasteiger partial charge in [0.05, 0.1) is 0 Å². The standard InChI is InChI=1S/C11H22.3C9H18.3C8H16.2C7H14.3C7H16/c1-9-10(2,3)7-6-8-11(9,4)5;1-8-4-6-9(2,3)7-5-8;1-8-6-4-5-7-9(8,2)3;1-7-5-4-6-8(2)9(7)3;1-7-5-3-4-6-8(7)2;1-7(2)8-5-3-4-6-8;1-2-8-6-4-3-5-7-8;1-6(2)7-4-3-5-7;1-2-7-5-3-4-6-7;1-5-6-7(2,3)4;1-4-5-6-7(2)3;1-4-7(5-2)6-3/h9H,6-8H2,1-5H3;2*8H,4-7H2,1-3H3;7-9H,4-6H2,1-3H3;2*7-8H,3-6H2,1-2H3;8H,2-7H2,1H3;6-7H,3-5H2,1-2H3;7H,2-6H2,1H3;5-6H2,1-4H3;2*7H,4-6H2,1-3H3/t;;8-;;7-,8?;;;;;;;/m..1.1......./s1. The van der Waals surface area contributed by atoms with Crippen LogP contribution in [0.1, 0.15) is 504 Å². The van der Waals surface area contributed by atoms with Crippen molar-refractivity contribution in [3.63, 3.8) is 0 Å². The molecule has 97 heavy (non-hydrogen) atoms. The molecule has 0 aromatic heterocycles. The molecule has 0 amide bonds. The highest BCUT2D eigenvalue weighted by atomic mass is 14.5. The van der Waals surface area contributed by atoms with E-state index in [9.17, 15) is 0 Å². The summed E-state index contributed by atoms with van der Waals surface area (Å²) < 4.78 is 0. The molecule has 0 N–H and O–H groups in total. The van der Waals surface area contributed by atoms with Crippen molar-refractivity contribution < 1.29 is 0 Å². The van der Waals surface area contributed by atoms with Crippen molar-refractivity contribution in [1.82, 2.24) is 0 Å². The number of hydrogen-bond donors (Lipinski definition) is 0. The molecule has 0 aromatic rings. The minimum Gasteiger partial charge on any atom is -0.0654 e. The van der Waals surface area contributed by atoms with Gasteiger partial charge in [-0.15, -0.1) is 0 Å². The summed E-state index contributed by atoms with van der Waals surface area (Å²) in [4.78, 5) is 0. The second-order valence-corrected chi connectivity index (χ2v) is 40.7. The second-order valence-electron chi connectivity index (χ2n) is 40.7. The highest BCUT2D eigenvalue weighted by Gasteiger charge is 2.40. The molecular formula is C97H200. The fourth-order valence-electron chi connectivity index (χ4n) is 17.0. The lowest BCUT2D eigenvalue weighted by Gasteiger charge is -2.47. The summed E-state index contributed by atoms with van der Waals surface area (Å²) in [7, 11) is 0. The Hall–Kier alpha value is 0. The Morgan fingerprint density at radius 3 is 0.918 bits per heavy atom. The Kier molecular flexibility index (Phi) is 60.7. The molecule has 0 saturated heterocycles. The fraction of sp³-hybridized carbons (Fsp3) is 1.00. The van der Waals surface area contributed by atoms with Crippen LogP contribution in [0.25, 0.3) is 0 Å². The van der Waals surface area contributed by atoms with Gasteiger partial charge in [-0.05, 0) is 160 Å². The average Bonchev–Trinajstić information content (AvgIpc) is 1.64. The van der Waals surface area contributed by atoms with Gasteiger partial charge in [0.1, 0.15) is 0 Å². The first-order valence-electron chi connectivity index (χ1n) is 45.3. The van der Waals surface area contributed by atoms with E-state index in [0.717, 1.165) is 94.7 Å². The Morgan fingerprint density at radius 2 is 0.701 bits per heavy atom. The van der Waals surface area contributed by atoms with Crippen LogP contribution in [0, 0.1) is 122 Å². The first-order chi connectivity index (χ1) is 45.3. The highest BCUT2D eigenvalue weighted by Crippen LogP contribution is 2.50. The maximum atomic E-state index is 2.42. The van der Waals surface area contributed by atoms with E-state index >= 15 is 0 Å². The molecular weight excluding hydrogens is 1170 g/mol. The lowest BCUT2D eigenvalue weighted by molar-refractivity contribution is 0.0286. The lowest BCUT2D eigenvalue weighted by Crippen LogP contribution is -2.38. The van der Waals surface area contributed by atoms with Crippen LogP contribution >= 0.6 is 0 Å². The summed E-state index contributed by atoms with van der Waals surface area (Å²) in [5, 5.41) is 0. The van der Waals surface area contributed by atoms with Gasteiger partial charge < -0.3 is 0 Å².